The predicted molar refractivity (Wildman–Crippen MR) is 101 cm³/mol. The van der Waals surface area contributed by atoms with Crippen LogP contribution in [0.1, 0.15) is 19.2 Å². The molecule has 0 bridgehead atoms. The summed E-state index contributed by atoms with van der Waals surface area (Å²) < 4.78 is 5.66. The highest BCUT2D eigenvalue weighted by Crippen LogP contribution is 2.22. The molecule has 0 saturated carbocycles. The maximum atomic E-state index is 11.7. The molecule has 2 aromatic rings. The lowest BCUT2D eigenvalue weighted by Crippen LogP contribution is -2.31. The zero-order valence-electron chi connectivity index (χ0n) is 13.4. The van der Waals surface area contributed by atoms with Crippen LogP contribution in [0.5, 0.6) is 0 Å². The maximum absolute atomic E-state index is 11.7. The summed E-state index contributed by atoms with van der Waals surface area (Å²) in [5.74, 6) is 1.25. The third-order valence-corrected chi connectivity index (χ3v) is 3.37. The third-order valence-electron chi connectivity index (χ3n) is 3.12. The summed E-state index contributed by atoms with van der Waals surface area (Å²) in [6.45, 7) is 4.35. The van der Waals surface area contributed by atoms with Gasteiger partial charge in [-0.15, -0.1) is 24.8 Å². The van der Waals surface area contributed by atoms with Gasteiger partial charge in [0.2, 0.25) is 5.91 Å². The van der Waals surface area contributed by atoms with Crippen molar-refractivity contribution in [3.05, 3.63) is 41.4 Å². The van der Waals surface area contributed by atoms with E-state index in [4.69, 9.17) is 16.0 Å². The van der Waals surface area contributed by atoms with Crippen LogP contribution in [0.3, 0.4) is 0 Å². The second-order valence-electron chi connectivity index (χ2n) is 4.83. The van der Waals surface area contributed by atoms with Crippen LogP contribution in [0, 0.1) is 0 Å². The number of hydrogen-bond donors (Lipinski definition) is 2. The quantitative estimate of drug-likeness (QED) is 0.673. The van der Waals surface area contributed by atoms with Crippen LogP contribution in [0.15, 0.2) is 34.9 Å². The van der Waals surface area contributed by atoms with Crippen LogP contribution in [-0.2, 0) is 11.2 Å². The molecule has 0 saturated heterocycles. The van der Waals surface area contributed by atoms with E-state index in [0.29, 0.717) is 36.1 Å². The highest BCUT2D eigenvalue weighted by Gasteiger charge is 2.08. The molecule has 0 fully saturated rings. The van der Waals surface area contributed by atoms with Gasteiger partial charge in [0.05, 0.1) is 6.20 Å². The normalized spacial score (nSPS) is 9.75. The number of amides is 1. The summed E-state index contributed by atoms with van der Waals surface area (Å²) in [5.41, 5.74) is 0.915. The Labute approximate surface area is 159 Å². The van der Waals surface area contributed by atoms with Crippen LogP contribution in [0.2, 0.25) is 5.02 Å². The van der Waals surface area contributed by atoms with Crippen molar-refractivity contribution in [2.75, 3.05) is 19.6 Å². The van der Waals surface area contributed by atoms with Crippen molar-refractivity contribution < 1.29 is 9.21 Å². The van der Waals surface area contributed by atoms with Gasteiger partial charge in [-0.25, -0.2) is 4.98 Å². The summed E-state index contributed by atoms with van der Waals surface area (Å²) in [6, 6.07) is 7.36. The first-order valence-corrected chi connectivity index (χ1v) is 7.75. The van der Waals surface area contributed by atoms with E-state index in [-0.39, 0.29) is 30.7 Å². The van der Waals surface area contributed by atoms with Crippen molar-refractivity contribution in [2.24, 2.45) is 0 Å². The molecule has 5 nitrogen and oxygen atoms in total. The summed E-state index contributed by atoms with van der Waals surface area (Å²) >= 11 is 5.86. The molecule has 8 heteroatoms. The Kier molecular flexibility index (Phi) is 11.5. The molecule has 1 aromatic carbocycles. The van der Waals surface area contributed by atoms with Crippen molar-refractivity contribution >= 4 is 42.3 Å². The van der Waals surface area contributed by atoms with E-state index in [1.807, 2.05) is 19.1 Å². The lowest BCUT2D eigenvalue weighted by Gasteiger charge is -2.04. The Morgan fingerprint density at radius 3 is 2.58 bits per heavy atom. The number of halogens is 3. The number of benzene rings is 1. The van der Waals surface area contributed by atoms with Crippen LogP contribution in [-0.4, -0.2) is 30.5 Å². The average molecular weight is 395 g/mol. The van der Waals surface area contributed by atoms with Crippen LogP contribution in [0.25, 0.3) is 11.3 Å². The molecular formula is C16H22Cl3N3O2. The second kappa shape index (κ2) is 12.1. The number of aromatic nitrogens is 1. The Balaban J connectivity index is 0.00000264. The monoisotopic (exact) mass is 393 g/mol. The SMILES string of the molecule is CCNCCNC(=O)CCc1ncc(-c2ccc(Cl)cc2)o1.Cl.Cl. The third kappa shape index (κ3) is 7.53. The van der Waals surface area contributed by atoms with Crippen LogP contribution in [0.4, 0.5) is 0 Å². The molecule has 0 unspecified atom stereocenters. The maximum Gasteiger partial charge on any atom is 0.220 e. The largest absolute Gasteiger partial charge is 0.441 e. The Morgan fingerprint density at radius 2 is 1.92 bits per heavy atom. The standard InChI is InChI=1S/C16H20ClN3O2.2ClH/c1-2-18-9-10-19-15(21)7-8-16-20-11-14(22-16)12-3-5-13(17)6-4-12;;/h3-6,11,18H,2,7-10H2,1H3,(H,19,21);2*1H. The van der Waals surface area contributed by atoms with Gasteiger partial charge in [-0.05, 0) is 30.8 Å². The van der Waals surface area contributed by atoms with Gasteiger partial charge in [0.25, 0.3) is 0 Å². The highest BCUT2D eigenvalue weighted by molar-refractivity contribution is 6.30. The van der Waals surface area contributed by atoms with Crippen LogP contribution >= 0.6 is 36.4 Å². The fraction of sp³-hybridized carbons (Fsp3) is 0.375. The van der Waals surface area contributed by atoms with Gasteiger partial charge < -0.3 is 15.1 Å². The van der Waals surface area contributed by atoms with Gasteiger partial charge in [-0.2, -0.15) is 0 Å². The Hall–Kier alpha value is -1.27. The van der Waals surface area contributed by atoms with Gasteiger partial charge in [-0.3, -0.25) is 4.79 Å². The molecule has 0 aliphatic rings. The molecule has 0 aliphatic heterocycles. The van der Waals surface area contributed by atoms with Crippen LogP contribution < -0.4 is 10.6 Å². The number of hydrogen-bond acceptors (Lipinski definition) is 4. The summed E-state index contributed by atoms with van der Waals surface area (Å²) in [5, 5.41) is 6.67. The van der Waals surface area contributed by atoms with Gasteiger partial charge >= 0.3 is 0 Å². The number of nitrogens with zero attached hydrogens (tertiary/aromatic N) is 1. The fourth-order valence-corrected chi connectivity index (χ4v) is 2.08. The molecule has 0 atom stereocenters. The molecular weight excluding hydrogens is 373 g/mol. The molecule has 134 valence electrons. The van der Waals surface area contributed by atoms with Gasteiger partial charge in [0.1, 0.15) is 0 Å². The zero-order valence-corrected chi connectivity index (χ0v) is 15.8. The molecule has 24 heavy (non-hydrogen) atoms. The van der Waals surface area contributed by atoms with Gasteiger partial charge in [-0.1, -0.05) is 18.5 Å². The molecule has 1 aromatic heterocycles. The number of rotatable bonds is 8. The lowest BCUT2D eigenvalue weighted by atomic mass is 10.2. The lowest BCUT2D eigenvalue weighted by molar-refractivity contribution is -0.121. The topological polar surface area (TPSA) is 67.2 Å². The van der Waals surface area contributed by atoms with Gasteiger partial charge in [0.15, 0.2) is 11.7 Å². The fourth-order valence-electron chi connectivity index (χ4n) is 1.95. The second-order valence-corrected chi connectivity index (χ2v) is 5.27. The highest BCUT2D eigenvalue weighted by atomic mass is 35.5. The number of likely N-dealkylation sites (N-methyl/N-ethyl adjacent to an activating group) is 1. The first-order valence-electron chi connectivity index (χ1n) is 7.37. The van der Waals surface area contributed by atoms with E-state index >= 15 is 0 Å². The van der Waals surface area contributed by atoms with Crippen molar-refractivity contribution in [1.82, 2.24) is 15.6 Å². The zero-order chi connectivity index (χ0) is 15.8. The van der Waals surface area contributed by atoms with E-state index in [2.05, 4.69) is 15.6 Å². The van der Waals surface area contributed by atoms with Crippen molar-refractivity contribution in [3.63, 3.8) is 0 Å². The minimum atomic E-state index is 0. The molecule has 0 radical (unpaired) electrons. The van der Waals surface area contributed by atoms with E-state index in [9.17, 15) is 4.79 Å². The molecule has 2 rings (SSSR count). The minimum absolute atomic E-state index is 0. The van der Waals surface area contributed by atoms with Crippen molar-refractivity contribution in [3.8, 4) is 11.3 Å². The number of carbonyl (C=O) groups excluding carboxylic acids is 1. The number of aryl methyl sites for hydroxylation is 1. The smallest absolute Gasteiger partial charge is 0.220 e. The predicted octanol–water partition coefficient (Wildman–Crippen LogP) is 3.50. The van der Waals surface area contributed by atoms with Crippen molar-refractivity contribution in [2.45, 2.75) is 19.8 Å². The van der Waals surface area contributed by atoms with E-state index in [1.54, 1.807) is 18.3 Å². The summed E-state index contributed by atoms with van der Waals surface area (Å²) in [7, 11) is 0. The first kappa shape index (κ1) is 22.7. The Morgan fingerprint density at radius 1 is 1.21 bits per heavy atom. The summed E-state index contributed by atoms with van der Waals surface area (Å²) in [6.07, 6.45) is 2.52. The summed E-state index contributed by atoms with van der Waals surface area (Å²) in [4.78, 5) is 15.9. The van der Waals surface area contributed by atoms with Gasteiger partial charge in [0, 0.05) is 36.5 Å². The first-order chi connectivity index (χ1) is 10.7. The minimum Gasteiger partial charge on any atom is -0.441 e. The average Bonchev–Trinajstić information content (AvgIpc) is 2.99. The number of carbonyl (C=O) groups is 1. The number of oxazole rings is 1. The molecule has 0 aliphatic carbocycles. The van der Waals surface area contributed by atoms with E-state index < -0.39 is 0 Å². The van der Waals surface area contributed by atoms with E-state index in [1.165, 1.54) is 0 Å². The van der Waals surface area contributed by atoms with Crippen molar-refractivity contribution in [1.29, 1.82) is 0 Å². The molecule has 2 N–H and O–H groups in total. The molecule has 0 spiro atoms. The van der Waals surface area contributed by atoms with E-state index in [0.717, 1.165) is 18.7 Å². The molecule has 1 heterocycles. The molecule has 1 amide bonds. The number of nitrogens with one attached hydrogen (secondary N) is 2. The Bertz CT molecular complexity index is 603.